The number of pyridine rings is 1. The monoisotopic (exact) mass is 281 g/mol. The van der Waals surface area contributed by atoms with Crippen molar-refractivity contribution in [1.82, 2.24) is 24.7 Å². The van der Waals surface area contributed by atoms with Gasteiger partial charge in [0.1, 0.15) is 5.69 Å². The molecule has 0 N–H and O–H groups in total. The molecule has 0 unspecified atom stereocenters. The molecule has 0 saturated carbocycles. The Labute approximate surface area is 122 Å². The van der Waals surface area contributed by atoms with Crippen LogP contribution in [0.1, 0.15) is 12.6 Å². The summed E-state index contributed by atoms with van der Waals surface area (Å²) in [6.45, 7) is 2.04. The quantitative estimate of drug-likeness (QED) is 0.735. The van der Waals surface area contributed by atoms with Gasteiger partial charge >= 0.3 is 0 Å². The molecule has 3 aromatic heterocycles. The lowest BCUT2D eigenvalue weighted by molar-refractivity contribution is 0.460. The van der Waals surface area contributed by atoms with Crippen LogP contribution in [0.5, 0.6) is 11.6 Å². The highest BCUT2D eigenvalue weighted by molar-refractivity contribution is 5.49. The summed E-state index contributed by atoms with van der Waals surface area (Å²) in [6, 6.07) is 7.48. The minimum Gasteiger partial charge on any atom is -0.436 e. The van der Waals surface area contributed by atoms with Gasteiger partial charge < -0.3 is 4.74 Å². The van der Waals surface area contributed by atoms with Crippen LogP contribution >= 0.6 is 0 Å². The molecular weight excluding hydrogens is 266 g/mol. The van der Waals surface area contributed by atoms with Gasteiger partial charge in [-0.1, -0.05) is 13.0 Å². The van der Waals surface area contributed by atoms with Crippen molar-refractivity contribution in [1.29, 1.82) is 0 Å². The molecule has 106 valence electrons. The van der Waals surface area contributed by atoms with Crippen molar-refractivity contribution in [2.45, 2.75) is 13.3 Å². The summed E-state index contributed by atoms with van der Waals surface area (Å²) in [5.41, 5.74) is 1.63. The topological polar surface area (TPSA) is 65.7 Å². The molecule has 6 heteroatoms. The summed E-state index contributed by atoms with van der Waals surface area (Å²) in [5.74, 6) is 1.70. The van der Waals surface area contributed by atoms with Crippen molar-refractivity contribution in [2.24, 2.45) is 7.05 Å². The van der Waals surface area contributed by atoms with Crippen molar-refractivity contribution in [3.05, 3.63) is 48.5 Å². The molecule has 6 nitrogen and oxygen atoms in total. The fraction of sp³-hybridized carbons (Fsp3) is 0.200. The van der Waals surface area contributed by atoms with Crippen LogP contribution in [0, 0.1) is 0 Å². The van der Waals surface area contributed by atoms with Crippen LogP contribution in [-0.2, 0) is 13.5 Å². The van der Waals surface area contributed by atoms with E-state index in [0.29, 0.717) is 17.5 Å². The number of nitrogens with zero attached hydrogens (tertiary/aromatic N) is 5. The second-order valence-corrected chi connectivity index (χ2v) is 4.54. The lowest BCUT2D eigenvalue weighted by Crippen LogP contribution is -1.98. The molecule has 0 aliphatic carbocycles. The van der Waals surface area contributed by atoms with Gasteiger partial charge in [0.05, 0.1) is 12.4 Å². The van der Waals surface area contributed by atoms with Gasteiger partial charge in [-0.05, 0) is 18.6 Å². The third kappa shape index (κ3) is 3.05. The van der Waals surface area contributed by atoms with Gasteiger partial charge in [-0.3, -0.25) is 9.67 Å². The molecule has 3 rings (SSSR count). The minimum atomic E-state index is 0.496. The largest absolute Gasteiger partial charge is 0.436 e. The zero-order chi connectivity index (χ0) is 14.7. The van der Waals surface area contributed by atoms with E-state index in [9.17, 15) is 0 Å². The number of aryl methyl sites for hydroxylation is 2. The van der Waals surface area contributed by atoms with Crippen LogP contribution in [-0.4, -0.2) is 24.7 Å². The second-order valence-electron chi connectivity index (χ2n) is 4.54. The number of hydrogen-bond acceptors (Lipinski definition) is 5. The molecule has 0 fully saturated rings. The molecule has 0 aromatic carbocycles. The predicted octanol–water partition coefficient (Wildman–Crippen LogP) is 2.63. The van der Waals surface area contributed by atoms with Gasteiger partial charge in [0.2, 0.25) is 5.88 Å². The number of ether oxygens (including phenoxy) is 1. The van der Waals surface area contributed by atoms with E-state index in [1.54, 1.807) is 23.3 Å². The molecular formula is C15H15N5O. The molecule has 0 spiro atoms. The van der Waals surface area contributed by atoms with Crippen molar-refractivity contribution in [2.75, 3.05) is 0 Å². The third-order valence-electron chi connectivity index (χ3n) is 2.92. The summed E-state index contributed by atoms with van der Waals surface area (Å²) in [5, 5.41) is 4.07. The van der Waals surface area contributed by atoms with Gasteiger partial charge in [0.25, 0.3) is 0 Å². The first-order valence-electron chi connectivity index (χ1n) is 6.70. The SMILES string of the molecule is CCc1cc(Oc2cnn(C)c2)nc(-c2ccccn2)n1. The number of rotatable bonds is 4. The first-order valence-corrected chi connectivity index (χ1v) is 6.70. The first-order chi connectivity index (χ1) is 10.2. The summed E-state index contributed by atoms with van der Waals surface area (Å²) in [4.78, 5) is 13.2. The van der Waals surface area contributed by atoms with Crippen LogP contribution in [0.25, 0.3) is 11.5 Å². The predicted molar refractivity (Wildman–Crippen MR) is 77.9 cm³/mol. The molecule has 21 heavy (non-hydrogen) atoms. The average Bonchev–Trinajstić information content (AvgIpc) is 2.93. The highest BCUT2D eigenvalue weighted by Crippen LogP contribution is 2.22. The van der Waals surface area contributed by atoms with Crippen molar-refractivity contribution in [3.63, 3.8) is 0 Å². The van der Waals surface area contributed by atoms with Crippen molar-refractivity contribution in [3.8, 4) is 23.1 Å². The van der Waals surface area contributed by atoms with E-state index in [0.717, 1.165) is 17.8 Å². The van der Waals surface area contributed by atoms with Gasteiger partial charge in [-0.2, -0.15) is 10.1 Å². The molecule has 0 aliphatic heterocycles. The third-order valence-corrected chi connectivity index (χ3v) is 2.92. The van der Waals surface area contributed by atoms with Crippen LogP contribution in [0.3, 0.4) is 0 Å². The summed E-state index contributed by atoms with van der Waals surface area (Å²) < 4.78 is 7.42. The molecule has 0 amide bonds. The molecule has 3 heterocycles. The molecule has 0 bridgehead atoms. The van der Waals surface area contributed by atoms with E-state index in [2.05, 4.69) is 20.1 Å². The van der Waals surface area contributed by atoms with Gasteiger partial charge in [-0.25, -0.2) is 4.98 Å². The lowest BCUT2D eigenvalue weighted by Gasteiger charge is -2.06. The van der Waals surface area contributed by atoms with Crippen molar-refractivity contribution >= 4 is 0 Å². The van der Waals surface area contributed by atoms with Crippen molar-refractivity contribution < 1.29 is 4.74 Å². The van der Waals surface area contributed by atoms with E-state index in [-0.39, 0.29) is 0 Å². The Morgan fingerprint density at radius 3 is 2.81 bits per heavy atom. The molecule has 3 aromatic rings. The maximum atomic E-state index is 5.74. The lowest BCUT2D eigenvalue weighted by atomic mass is 10.3. The summed E-state index contributed by atoms with van der Waals surface area (Å²) >= 11 is 0. The smallest absolute Gasteiger partial charge is 0.223 e. The summed E-state index contributed by atoms with van der Waals surface area (Å²) in [7, 11) is 1.84. The van der Waals surface area contributed by atoms with E-state index >= 15 is 0 Å². The maximum absolute atomic E-state index is 5.74. The number of hydrogen-bond donors (Lipinski definition) is 0. The Hall–Kier alpha value is -2.76. The van der Waals surface area contributed by atoms with Gasteiger partial charge in [0.15, 0.2) is 11.6 Å². The first kappa shape index (κ1) is 13.2. The molecule has 0 aliphatic rings. The Bertz CT molecular complexity index is 739. The Balaban J connectivity index is 1.97. The second kappa shape index (κ2) is 5.70. The van der Waals surface area contributed by atoms with Crippen LogP contribution < -0.4 is 4.74 Å². The highest BCUT2D eigenvalue weighted by Gasteiger charge is 2.09. The average molecular weight is 281 g/mol. The van der Waals surface area contributed by atoms with E-state index in [1.807, 2.05) is 38.2 Å². The Morgan fingerprint density at radius 2 is 2.14 bits per heavy atom. The normalized spacial score (nSPS) is 10.6. The molecule has 0 saturated heterocycles. The zero-order valence-corrected chi connectivity index (χ0v) is 11.9. The van der Waals surface area contributed by atoms with E-state index in [1.165, 1.54) is 0 Å². The van der Waals surface area contributed by atoms with Crippen LogP contribution in [0.4, 0.5) is 0 Å². The van der Waals surface area contributed by atoms with Gasteiger partial charge in [0, 0.05) is 25.0 Å². The molecule has 0 atom stereocenters. The fourth-order valence-corrected chi connectivity index (χ4v) is 1.89. The van der Waals surface area contributed by atoms with Gasteiger partial charge in [-0.15, -0.1) is 0 Å². The molecule has 0 radical (unpaired) electrons. The van der Waals surface area contributed by atoms with Crippen LogP contribution in [0.15, 0.2) is 42.9 Å². The standard InChI is InChI=1S/C15H15N5O/c1-3-11-8-14(21-12-9-17-20(2)10-12)19-15(18-11)13-6-4-5-7-16-13/h4-10H,3H2,1-2H3. The maximum Gasteiger partial charge on any atom is 0.223 e. The van der Waals surface area contributed by atoms with Crippen LogP contribution in [0.2, 0.25) is 0 Å². The summed E-state index contributed by atoms with van der Waals surface area (Å²) in [6.07, 6.45) is 5.95. The van der Waals surface area contributed by atoms with E-state index in [4.69, 9.17) is 4.74 Å². The Morgan fingerprint density at radius 1 is 1.24 bits per heavy atom. The Kier molecular flexibility index (Phi) is 3.59. The minimum absolute atomic E-state index is 0.496. The van der Waals surface area contributed by atoms with E-state index < -0.39 is 0 Å². The zero-order valence-electron chi connectivity index (χ0n) is 11.9. The highest BCUT2D eigenvalue weighted by atomic mass is 16.5. The fourth-order valence-electron chi connectivity index (χ4n) is 1.89. The number of aromatic nitrogens is 5.